The van der Waals surface area contributed by atoms with E-state index in [0.717, 1.165) is 70.2 Å². The van der Waals surface area contributed by atoms with Gasteiger partial charge in [-0.05, 0) is 96.2 Å². The molecule has 0 radical (unpaired) electrons. The van der Waals surface area contributed by atoms with Gasteiger partial charge in [-0.2, -0.15) is 0 Å². The molecule has 0 aliphatic carbocycles. The van der Waals surface area contributed by atoms with Crippen molar-refractivity contribution in [3.63, 3.8) is 0 Å². The summed E-state index contributed by atoms with van der Waals surface area (Å²) in [6.07, 6.45) is 24.2. The van der Waals surface area contributed by atoms with E-state index in [9.17, 15) is 0 Å². The van der Waals surface area contributed by atoms with E-state index in [0.29, 0.717) is 11.6 Å². The van der Waals surface area contributed by atoms with Gasteiger partial charge in [0.05, 0.1) is 0 Å². The van der Waals surface area contributed by atoms with Gasteiger partial charge in [0, 0.05) is 58.2 Å². The van der Waals surface area contributed by atoms with E-state index in [4.69, 9.17) is 0 Å². The number of hydrogen-bond donors (Lipinski definition) is 0. The number of aromatic nitrogens is 4. The minimum Gasteiger partial charge on any atom is -0.229 e. The molecule has 0 saturated carbocycles. The van der Waals surface area contributed by atoms with Crippen molar-refractivity contribution in [3.8, 4) is 68.9 Å². The third kappa shape index (κ3) is 16.7. The Morgan fingerprint density at radius 2 is 0.726 bits per heavy atom. The molecule has 5 rings (SSSR count). The number of hydrogen-bond acceptors (Lipinski definition) is 4. The fourth-order valence-corrected chi connectivity index (χ4v) is 7.91. The molecule has 0 unspecified atom stereocenters. The van der Waals surface area contributed by atoms with E-state index < -0.39 is 16.1 Å². The molecule has 2 aromatic heterocycles. The summed E-state index contributed by atoms with van der Waals surface area (Å²) in [7, 11) is -2.86. The van der Waals surface area contributed by atoms with E-state index in [2.05, 4.69) is 180 Å². The minimum absolute atomic E-state index is 0.519. The van der Waals surface area contributed by atoms with Crippen LogP contribution in [0.4, 0.5) is 0 Å². The number of rotatable bonds is 16. The molecule has 0 saturated heterocycles. The van der Waals surface area contributed by atoms with Crippen LogP contribution in [-0.2, 0) is 12.8 Å². The zero-order chi connectivity index (χ0) is 44.2. The van der Waals surface area contributed by atoms with Crippen molar-refractivity contribution in [3.05, 3.63) is 130 Å². The monoisotopic (exact) mass is 850 g/mol. The van der Waals surface area contributed by atoms with Crippen molar-refractivity contribution in [2.75, 3.05) is 0 Å². The summed E-state index contributed by atoms with van der Waals surface area (Å²) in [6.45, 7) is 18.1. The molecule has 6 heteroatoms. The summed E-state index contributed by atoms with van der Waals surface area (Å²) in [5, 5.41) is 0. The Hall–Kier alpha value is -5.51. The summed E-state index contributed by atoms with van der Waals surface area (Å²) in [5.74, 6) is 21.4. The lowest BCUT2D eigenvalue weighted by Crippen LogP contribution is -2.16. The molecule has 0 amide bonds. The van der Waals surface area contributed by atoms with Gasteiger partial charge in [-0.1, -0.05) is 165 Å². The number of aryl methyl sites for hydroxylation is 2. The second-order valence-corrected chi connectivity index (χ2v) is 27.9. The highest BCUT2D eigenvalue weighted by molar-refractivity contribution is 6.84. The van der Waals surface area contributed by atoms with Gasteiger partial charge in [-0.25, -0.2) is 19.9 Å². The summed E-state index contributed by atoms with van der Waals surface area (Å²) >= 11 is 0. The summed E-state index contributed by atoms with van der Waals surface area (Å²) in [6, 6.07) is 21.3. The molecular formula is C56H66N4Si2. The number of unbranched alkanes of at least 4 members (excludes halogenated alkanes) is 10. The van der Waals surface area contributed by atoms with Crippen molar-refractivity contribution in [2.45, 2.75) is 143 Å². The minimum atomic E-state index is -1.43. The maximum absolute atomic E-state index is 4.68. The smallest absolute Gasteiger partial charge is 0.205 e. The van der Waals surface area contributed by atoms with Gasteiger partial charge in [0.25, 0.3) is 0 Å². The van der Waals surface area contributed by atoms with Crippen LogP contribution in [0.25, 0.3) is 22.3 Å². The molecular weight excluding hydrogens is 785 g/mol. The number of nitrogens with zero attached hydrogens (tertiary/aromatic N) is 4. The van der Waals surface area contributed by atoms with Crippen LogP contribution in [-0.4, -0.2) is 36.1 Å². The third-order valence-corrected chi connectivity index (χ3v) is 12.2. The number of benzene rings is 3. The van der Waals surface area contributed by atoms with Crippen LogP contribution in [0, 0.1) is 46.6 Å². The van der Waals surface area contributed by atoms with E-state index in [1.54, 1.807) is 0 Å². The molecule has 0 fully saturated rings. The van der Waals surface area contributed by atoms with Crippen LogP contribution in [0.15, 0.2) is 85.5 Å². The molecule has 0 aliphatic rings. The highest BCUT2D eigenvalue weighted by Crippen LogP contribution is 2.24. The average Bonchev–Trinajstić information content (AvgIpc) is 3.26. The lowest BCUT2D eigenvalue weighted by molar-refractivity contribution is 0.605. The molecule has 3 aromatic carbocycles. The lowest BCUT2D eigenvalue weighted by atomic mass is 9.92. The van der Waals surface area contributed by atoms with E-state index >= 15 is 0 Å². The Morgan fingerprint density at radius 3 is 1.06 bits per heavy atom. The van der Waals surface area contributed by atoms with Crippen LogP contribution in [0.1, 0.15) is 136 Å². The Balaban J connectivity index is 1.41. The molecule has 4 nitrogen and oxygen atoms in total. The molecule has 2 heterocycles. The molecule has 5 aromatic rings. The average molecular weight is 851 g/mol. The fraction of sp³-hybridized carbons (Fsp3) is 0.393. The van der Waals surface area contributed by atoms with Crippen LogP contribution >= 0.6 is 0 Å². The van der Waals surface area contributed by atoms with Crippen LogP contribution < -0.4 is 0 Å². The van der Waals surface area contributed by atoms with Gasteiger partial charge in [-0.15, -0.1) is 11.1 Å². The molecule has 0 aliphatic heterocycles. The van der Waals surface area contributed by atoms with Gasteiger partial charge in [-0.3, -0.25) is 0 Å². The Kier molecular flexibility index (Phi) is 18.6. The molecule has 62 heavy (non-hydrogen) atoms. The fourth-order valence-electron chi connectivity index (χ4n) is 6.87. The van der Waals surface area contributed by atoms with E-state index in [1.165, 1.54) is 75.3 Å². The SMILES string of the molecule is CCCCCCCCc1cc(C#Cc2ncc(-c3ccc(C#C[Si](C)(C)C)cc3)cn2)c(CCCCCCCC)cc1C#Cc1ncc(-c2ccc(C#C[Si](C)(C)C)cc2)cn1. The Bertz CT molecular complexity index is 2270. The first-order valence-electron chi connectivity index (χ1n) is 23.0. The second-order valence-electron chi connectivity index (χ2n) is 18.4. The maximum Gasteiger partial charge on any atom is 0.205 e. The summed E-state index contributed by atoms with van der Waals surface area (Å²) in [5.41, 5.74) is 17.6. The van der Waals surface area contributed by atoms with Crippen molar-refractivity contribution < 1.29 is 0 Å². The Labute approximate surface area is 376 Å². The zero-order valence-corrected chi connectivity index (χ0v) is 40.8. The van der Waals surface area contributed by atoms with Crippen molar-refractivity contribution >= 4 is 16.1 Å². The topological polar surface area (TPSA) is 51.6 Å². The van der Waals surface area contributed by atoms with Crippen molar-refractivity contribution in [1.29, 1.82) is 0 Å². The second kappa shape index (κ2) is 24.2. The van der Waals surface area contributed by atoms with Gasteiger partial charge in [0.2, 0.25) is 11.6 Å². The highest BCUT2D eigenvalue weighted by atomic mass is 28.3. The van der Waals surface area contributed by atoms with Crippen LogP contribution in [0.2, 0.25) is 39.3 Å². The molecule has 0 atom stereocenters. The normalized spacial score (nSPS) is 11.0. The molecule has 318 valence electrons. The van der Waals surface area contributed by atoms with Gasteiger partial charge in [0.15, 0.2) is 0 Å². The first-order valence-corrected chi connectivity index (χ1v) is 30.0. The predicted octanol–water partition coefficient (Wildman–Crippen LogP) is 13.7. The van der Waals surface area contributed by atoms with Crippen LogP contribution in [0.5, 0.6) is 0 Å². The summed E-state index contributed by atoms with van der Waals surface area (Å²) in [4.78, 5) is 18.7. The first kappa shape index (κ1) is 47.5. The summed E-state index contributed by atoms with van der Waals surface area (Å²) < 4.78 is 0. The van der Waals surface area contributed by atoms with Crippen molar-refractivity contribution in [2.24, 2.45) is 0 Å². The quantitative estimate of drug-likeness (QED) is 0.0564. The molecule has 0 bridgehead atoms. The lowest BCUT2D eigenvalue weighted by Gasteiger charge is -2.12. The van der Waals surface area contributed by atoms with E-state index in [-0.39, 0.29) is 0 Å². The standard InChI is InChI=1S/C56H66N4Si2/c1-9-11-13-15-17-19-21-49-39-52(32-34-56-59-43-54(44-60-56)48-29-25-46(26-30-48)36-38-62(6,7)8)50(22-20-18-16-14-12-10-2)40-51(49)31-33-55-57-41-53(42-58-55)47-27-23-45(24-28-47)35-37-61(3,4)5/h23-30,39-44H,9-22H2,1-8H3. The highest BCUT2D eigenvalue weighted by Gasteiger charge is 2.11. The first-order chi connectivity index (χ1) is 29.9. The van der Waals surface area contributed by atoms with Gasteiger partial charge in [0.1, 0.15) is 16.1 Å². The predicted molar refractivity (Wildman–Crippen MR) is 268 cm³/mol. The molecule has 0 spiro atoms. The third-order valence-electron chi connectivity index (χ3n) is 10.5. The van der Waals surface area contributed by atoms with Crippen molar-refractivity contribution in [1.82, 2.24) is 19.9 Å². The largest absolute Gasteiger partial charge is 0.229 e. The van der Waals surface area contributed by atoms with E-state index in [1.807, 2.05) is 24.8 Å². The maximum atomic E-state index is 4.68. The zero-order valence-electron chi connectivity index (χ0n) is 38.8. The van der Waals surface area contributed by atoms with Gasteiger partial charge < -0.3 is 0 Å². The molecule has 0 N–H and O–H groups in total. The van der Waals surface area contributed by atoms with Gasteiger partial charge >= 0.3 is 0 Å². The van der Waals surface area contributed by atoms with Crippen LogP contribution in [0.3, 0.4) is 0 Å². The Morgan fingerprint density at radius 1 is 0.387 bits per heavy atom.